The second-order valence-corrected chi connectivity index (χ2v) is 9.29. The van der Waals surface area contributed by atoms with E-state index in [2.05, 4.69) is 0 Å². The highest BCUT2D eigenvalue weighted by Gasteiger charge is 2.31. The fraction of sp³-hybridized carbons (Fsp3) is 0.250. The van der Waals surface area contributed by atoms with Gasteiger partial charge in [0.25, 0.3) is 0 Å². The summed E-state index contributed by atoms with van der Waals surface area (Å²) in [6.45, 7) is 7.82. The number of hydrogen-bond donors (Lipinski definition) is 4. The average Bonchev–Trinajstić information content (AvgIpc) is 2.67. The normalized spacial score (nSPS) is 12.2. The lowest BCUT2D eigenvalue weighted by molar-refractivity contribution is 0.436. The third-order valence-electron chi connectivity index (χ3n) is 5.78. The number of benzene rings is 3. The molecule has 0 fully saturated rings. The quantitative estimate of drug-likeness (QED) is 0.370. The van der Waals surface area contributed by atoms with Crippen molar-refractivity contribution >= 4 is 23.2 Å². The maximum absolute atomic E-state index is 10.4. The van der Waals surface area contributed by atoms with Crippen LogP contribution in [0.3, 0.4) is 0 Å². The van der Waals surface area contributed by atoms with Crippen LogP contribution >= 0.6 is 23.2 Å². The number of hydrogen-bond acceptors (Lipinski definition) is 4. The summed E-state index contributed by atoms with van der Waals surface area (Å²) in [6, 6.07) is 13.4. The molecule has 158 valence electrons. The van der Waals surface area contributed by atoms with Crippen LogP contribution < -0.4 is 0 Å². The molecule has 6 heteroatoms. The third-order valence-corrected chi connectivity index (χ3v) is 6.39. The first-order chi connectivity index (χ1) is 13.9. The van der Waals surface area contributed by atoms with Gasteiger partial charge < -0.3 is 20.4 Å². The van der Waals surface area contributed by atoms with Crippen molar-refractivity contribution < 1.29 is 20.4 Å². The van der Waals surface area contributed by atoms with Gasteiger partial charge >= 0.3 is 0 Å². The molecule has 0 amide bonds. The Morgan fingerprint density at radius 2 is 0.933 bits per heavy atom. The maximum atomic E-state index is 10.4. The van der Waals surface area contributed by atoms with Gasteiger partial charge in [-0.3, -0.25) is 0 Å². The minimum absolute atomic E-state index is 0.0467. The molecular weight excluding hydrogens is 423 g/mol. The fourth-order valence-corrected chi connectivity index (χ4v) is 4.04. The van der Waals surface area contributed by atoms with Crippen LogP contribution in [0.15, 0.2) is 48.5 Å². The molecule has 0 unspecified atom stereocenters. The highest BCUT2D eigenvalue weighted by Crippen LogP contribution is 2.44. The zero-order valence-corrected chi connectivity index (χ0v) is 18.7. The lowest BCUT2D eigenvalue weighted by Gasteiger charge is -2.31. The molecule has 0 atom stereocenters. The lowest BCUT2D eigenvalue weighted by atomic mass is 9.73. The summed E-state index contributed by atoms with van der Waals surface area (Å²) in [4.78, 5) is 0. The molecule has 4 N–H and O–H groups in total. The van der Waals surface area contributed by atoms with Crippen LogP contribution in [-0.2, 0) is 10.8 Å². The Labute approximate surface area is 186 Å². The lowest BCUT2D eigenvalue weighted by Crippen LogP contribution is -2.23. The van der Waals surface area contributed by atoms with Gasteiger partial charge in [-0.1, -0.05) is 75.2 Å². The number of phenols is 4. The summed E-state index contributed by atoms with van der Waals surface area (Å²) in [5.41, 5.74) is 1.74. The number of phenolic OH excluding ortho intramolecular Hbond substituents is 4. The molecule has 0 aliphatic heterocycles. The Balaban J connectivity index is 2.12. The van der Waals surface area contributed by atoms with Crippen LogP contribution in [0.2, 0.25) is 10.0 Å². The van der Waals surface area contributed by atoms with Crippen molar-refractivity contribution in [3.05, 3.63) is 80.8 Å². The molecule has 3 rings (SSSR count). The molecular formula is C24H24Cl2O4. The molecule has 3 aromatic rings. The molecule has 0 spiro atoms. The summed E-state index contributed by atoms with van der Waals surface area (Å²) in [7, 11) is 0. The zero-order valence-electron chi connectivity index (χ0n) is 17.2. The van der Waals surface area contributed by atoms with E-state index < -0.39 is 10.8 Å². The average molecular weight is 447 g/mol. The van der Waals surface area contributed by atoms with E-state index in [9.17, 15) is 20.4 Å². The summed E-state index contributed by atoms with van der Waals surface area (Å²) >= 11 is 12.2. The third kappa shape index (κ3) is 3.78. The molecule has 0 radical (unpaired) electrons. The van der Waals surface area contributed by atoms with Crippen LogP contribution in [0.1, 0.15) is 49.9 Å². The monoisotopic (exact) mass is 446 g/mol. The Morgan fingerprint density at radius 1 is 0.567 bits per heavy atom. The number of rotatable bonds is 4. The fourth-order valence-electron chi connectivity index (χ4n) is 3.71. The van der Waals surface area contributed by atoms with Crippen LogP contribution in [0, 0.1) is 0 Å². The number of halogens is 2. The van der Waals surface area contributed by atoms with Gasteiger partial charge in [-0.15, -0.1) is 0 Å². The summed E-state index contributed by atoms with van der Waals surface area (Å²) in [5, 5.41) is 40.7. The van der Waals surface area contributed by atoms with Gasteiger partial charge in [-0.25, -0.2) is 0 Å². The van der Waals surface area contributed by atoms with E-state index in [1.54, 1.807) is 12.1 Å². The molecule has 3 aromatic carbocycles. The first-order valence-electron chi connectivity index (χ1n) is 9.40. The summed E-state index contributed by atoms with van der Waals surface area (Å²) < 4.78 is 0. The minimum atomic E-state index is -0.623. The summed E-state index contributed by atoms with van der Waals surface area (Å²) in [5.74, 6) is -0.449. The van der Waals surface area contributed by atoms with E-state index in [1.807, 2.05) is 52.0 Å². The molecule has 0 aromatic heterocycles. The van der Waals surface area contributed by atoms with Gasteiger partial charge in [0.2, 0.25) is 0 Å². The van der Waals surface area contributed by atoms with Gasteiger partial charge in [-0.05, 0) is 23.3 Å². The van der Waals surface area contributed by atoms with Crippen LogP contribution in [0.25, 0.3) is 0 Å². The van der Waals surface area contributed by atoms with E-state index in [0.717, 1.165) is 11.1 Å². The second kappa shape index (κ2) is 7.60. The Morgan fingerprint density at radius 3 is 1.30 bits per heavy atom. The van der Waals surface area contributed by atoms with Gasteiger partial charge in [0, 0.05) is 34.1 Å². The van der Waals surface area contributed by atoms with Crippen molar-refractivity contribution in [1.82, 2.24) is 0 Å². The Hall–Kier alpha value is -2.56. The van der Waals surface area contributed by atoms with Crippen LogP contribution in [0.4, 0.5) is 0 Å². The standard InChI is InChI=1S/C24H24Cl2O4/c1-23(2,15-9-17(25)21(29)11-19(15)27)13-6-5-7-14(8-13)24(3,4)16-10-18(26)22(30)12-20(16)28/h5-12,27-30H,1-4H3. The molecule has 0 bridgehead atoms. The van der Waals surface area contributed by atoms with E-state index in [4.69, 9.17) is 23.2 Å². The smallest absolute Gasteiger partial charge is 0.137 e. The highest BCUT2D eigenvalue weighted by atomic mass is 35.5. The topological polar surface area (TPSA) is 80.9 Å². The molecule has 0 heterocycles. The number of aromatic hydroxyl groups is 4. The molecule has 0 aliphatic carbocycles. The zero-order chi connectivity index (χ0) is 22.4. The van der Waals surface area contributed by atoms with E-state index in [1.165, 1.54) is 12.1 Å². The van der Waals surface area contributed by atoms with Crippen LogP contribution in [-0.4, -0.2) is 20.4 Å². The Kier molecular flexibility index (Phi) is 5.61. The van der Waals surface area contributed by atoms with Gasteiger partial charge in [0.05, 0.1) is 10.0 Å². The van der Waals surface area contributed by atoms with E-state index >= 15 is 0 Å². The molecule has 0 saturated carbocycles. The van der Waals surface area contributed by atoms with Crippen molar-refractivity contribution in [3.63, 3.8) is 0 Å². The van der Waals surface area contributed by atoms with E-state index in [0.29, 0.717) is 11.1 Å². The second-order valence-electron chi connectivity index (χ2n) is 8.47. The van der Waals surface area contributed by atoms with Crippen molar-refractivity contribution in [1.29, 1.82) is 0 Å². The maximum Gasteiger partial charge on any atom is 0.137 e. The van der Waals surface area contributed by atoms with Crippen molar-refractivity contribution in [2.75, 3.05) is 0 Å². The first-order valence-corrected chi connectivity index (χ1v) is 10.2. The van der Waals surface area contributed by atoms with Gasteiger partial charge in [0.15, 0.2) is 0 Å². The summed E-state index contributed by atoms with van der Waals surface area (Å²) in [6.07, 6.45) is 0. The van der Waals surface area contributed by atoms with E-state index in [-0.39, 0.29) is 33.0 Å². The molecule has 0 saturated heterocycles. The van der Waals surface area contributed by atoms with Gasteiger partial charge in [-0.2, -0.15) is 0 Å². The predicted octanol–water partition coefficient (Wildman–Crippen LogP) is 6.47. The van der Waals surface area contributed by atoms with Crippen LogP contribution in [0.5, 0.6) is 23.0 Å². The van der Waals surface area contributed by atoms with Crippen molar-refractivity contribution in [3.8, 4) is 23.0 Å². The predicted molar refractivity (Wildman–Crippen MR) is 120 cm³/mol. The molecule has 30 heavy (non-hydrogen) atoms. The first kappa shape index (κ1) is 22.1. The SMILES string of the molecule is CC(C)(c1cccc(C(C)(C)c2cc(Cl)c(O)cc2O)c1)c1cc(Cl)c(O)cc1O. The largest absolute Gasteiger partial charge is 0.507 e. The molecule has 4 nitrogen and oxygen atoms in total. The van der Waals surface area contributed by atoms with Gasteiger partial charge in [0.1, 0.15) is 23.0 Å². The van der Waals surface area contributed by atoms with Crippen molar-refractivity contribution in [2.45, 2.75) is 38.5 Å². The Bertz CT molecular complexity index is 1040. The minimum Gasteiger partial charge on any atom is -0.507 e. The highest BCUT2D eigenvalue weighted by molar-refractivity contribution is 6.32. The molecule has 0 aliphatic rings. The van der Waals surface area contributed by atoms with Crippen molar-refractivity contribution in [2.24, 2.45) is 0 Å².